The van der Waals surface area contributed by atoms with Crippen LogP contribution in [0.5, 0.6) is 0 Å². The molecule has 0 aliphatic heterocycles. The third-order valence-corrected chi connectivity index (χ3v) is 3.69. The Bertz CT molecular complexity index is 961. The minimum atomic E-state index is -0.372. The molecule has 3 aromatic rings. The van der Waals surface area contributed by atoms with Crippen LogP contribution in [0.3, 0.4) is 0 Å². The lowest BCUT2D eigenvalue weighted by molar-refractivity contribution is -0.122. The summed E-state index contributed by atoms with van der Waals surface area (Å²) in [6.45, 7) is -0.144. The largest absolute Gasteiger partial charge is 0.352 e. The van der Waals surface area contributed by atoms with E-state index in [1.807, 2.05) is 0 Å². The summed E-state index contributed by atoms with van der Waals surface area (Å²) in [6, 6.07) is 6.55. The van der Waals surface area contributed by atoms with Crippen LogP contribution in [0.2, 0.25) is 0 Å². The van der Waals surface area contributed by atoms with Crippen molar-refractivity contribution in [3.05, 3.63) is 47.0 Å². The van der Waals surface area contributed by atoms with Crippen molar-refractivity contribution >= 4 is 5.91 Å². The van der Waals surface area contributed by atoms with E-state index in [-0.39, 0.29) is 29.9 Å². The monoisotopic (exact) mass is 338 g/mol. The molecular formula is C16H14N6O3. The van der Waals surface area contributed by atoms with E-state index in [1.54, 1.807) is 24.5 Å². The number of aromatic nitrogens is 5. The molecule has 4 rings (SSSR count). The molecule has 25 heavy (non-hydrogen) atoms. The molecule has 0 bridgehead atoms. The minimum Gasteiger partial charge on any atom is -0.352 e. The van der Waals surface area contributed by atoms with Crippen molar-refractivity contribution in [2.24, 2.45) is 0 Å². The van der Waals surface area contributed by atoms with E-state index in [1.165, 1.54) is 12.1 Å². The van der Waals surface area contributed by atoms with Crippen molar-refractivity contribution in [1.82, 2.24) is 30.2 Å². The number of rotatable bonds is 5. The van der Waals surface area contributed by atoms with Gasteiger partial charge in [0.25, 0.3) is 11.4 Å². The molecule has 1 fully saturated rings. The second-order valence-electron chi connectivity index (χ2n) is 5.72. The van der Waals surface area contributed by atoms with Gasteiger partial charge in [0.1, 0.15) is 12.2 Å². The lowest BCUT2D eigenvalue weighted by atomic mass is 10.2. The Kier molecular flexibility index (Phi) is 3.81. The fraction of sp³-hybridized carbons (Fsp3) is 0.250. The number of pyridine rings is 1. The molecule has 3 aromatic heterocycles. The maximum atomic E-state index is 11.9. The normalized spacial score (nSPS) is 13.6. The first-order chi connectivity index (χ1) is 12.2. The van der Waals surface area contributed by atoms with Gasteiger partial charge in [0, 0.05) is 30.1 Å². The summed E-state index contributed by atoms with van der Waals surface area (Å²) < 4.78 is 6.31. The molecule has 1 N–H and O–H groups in total. The molecule has 3 heterocycles. The molecule has 1 aliphatic carbocycles. The molecular weight excluding hydrogens is 324 g/mol. The van der Waals surface area contributed by atoms with Gasteiger partial charge in [0.15, 0.2) is 0 Å². The number of hydrogen-bond donors (Lipinski definition) is 1. The summed E-state index contributed by atoms with van der Waals surface area (Å²) in [5.41, 5.74) is 0.706. The number of carbonyl (C=O) groups is 1. The van der Waals surface area contributed by atoms with E-state index >= 15 is 0 Å². The van der Waals surface area contributed by atoms with E-state index < -0.39 is 0 Å². The van der Waals surface area contributed by atoms with Crippen molar-refractivity contribution < 1.29 is 9.32 Å². The van der Waals surface area contributed by atoms with Gasteiger partial charge >= 0.3 is 0 Å². The zero-order chi connectivity index (χ0) is 17.2. The predicted molar refractivity (Wildman–Crippen MR) is 86.2 cm³/mol. The number of carbonyl (C=O) groups excluding carboxylic acids is 1. The van der Waals surface area contributed by atoms with E-state index in [4.69, 9.17) is 4.52 Å². The summed E-state index contributed by atoms with van der Waals surface area (Å²) in [6.07, 6.45) is 5.21. The van der Waals surface area contributed by atoms with Crippen LogP contribution in [0.4, 0.5) is 0 Å². The highest BCUT2D eigenvalue weighted by Gasteiger charge is 2.23. The SMILES string of the molecule is O=C(Cn1nc(-c2nc(-c3ccncc3)no2)ccc1=O)NC1CC1. The Morgan fingerprint density at radius 3 is 2.80 bits per heavy atom. The molecule has 9 nitrogen and oxygen atoms in total. The molecule has 0 radical (unpaired) electrons. The first kappa shape index (κ1) is 15.2. The van der Waals surface area contributed by atoms with Gasteiger partial charge in [-0.15, -0.1) is 0 Å². The molecule has 0 atom stereocenters. The summed E-state index contributed by atoms with van der Waals surface area (Å²) in [5.74, 6) is 0.323. The third-order valence-electron chi connectivity index (χ3n) is 3.69. The van der Waals surface area contributed by atoms with Gasteiger partial charge in [0.2, 0.25) is 11.7 Å². The Morgan fingerprint density at radius 2 is 2.04 bits per heavy atom. The van der Waals surface area contributed by atoms with Gasteiger partial charge in [-0.2, -0.15) is 10.1 Å². The molecule has 1 amide bonds. The molecule has 9 heteroatoms. The Balaban J connectivity index is 1.58. The van der Waals surface area contributed by atoms with Crippen LogP contribution < -0.4 is 10.9 Å². The zero-order valence-corrected chi connectivity index (χ0v) is 13.1. The molecule has 0 spiro atoms. The topological polar surface area (TPSA) is 116 Å². The van der Waals surface area contributed by atoms with Crippen molar-refractivity contribution in [2.75, 3.05) is 0 Å². The fourth-order valence-corrected chi connectivity index (χ4v) is 2.26. The molecule has 0 saturated heterocycles. The maximum absolute atomic E-state index is 11.9. The van der Waals surface area contributed by atoms with E-state index in [2.05, 4.69) is 25.5 Å². The van der Waals surface area contributed by atoms with E-state index in [9.17, 15) is 9.59 Å². The summed E-state index contributed by atoms with van der Waals surface area (Å²) in [7, 11) is 0. The predicted octanol–water partition coefficient (Wildman–Crippen LogP) is 0.634. The highest BCUT2D eigenvalue weighted by molar-refractivity contribution is 5.76. The van der Waals surface area contributed by atoms with Crippen LogP contribution in [0.15, 0.2) is 46.0 Å². The van der Waals surface area contributed by atoms with Crippen LogP contribution in [-0.4, -0.2) is 36.9 Å². The van der Waals surface area contributed by atoms with Gasteiger partial charge < -0.3 is 9.84 Å². The van der Waals surface area contributed by atoms with E-state index in [0.717, 1.165) is 23.1 Å². The summed E-state index contributed by atoms with van der Waals surface area (Å²) in [5, 5.41) is 10.9. The van der Waals surface area contributed by atoms with Crippen LogP contribution in [-0.2, 0) is 11.3 Å². The highest BCUT2D eigenvalue weighted by Crippen LogP contribution is 2.20. The van der Waals surface area contributed by atoms with Crippen molar-refractivity contribution in [3.63, 3.8) is 0 Å². The standard InChI is InChI=1S/C16H14N6O3/c23-13(18-11-1-2-11)9-22-14(24)4-3-12(20-22)16-19-15(21-25-16)10-5-7-17-8-6-10/h3-8,11H,1-2,9H2,(H,18,23). The lowest BCUT2D eigenvalue weighted by Gasteiger charge is -2.05. The minimum absolute atomic E-state index is 0.144. The Morgan fingerprint density at radius 1 is 1.24 bits per heavy atom. The van der Waals surface area contributed by atoms with Gasteiger partial charge in [-0.05, 0) is 31.0 Å². The zero-order valence-electron chi connectivity index (χ0n) is 13.1. The quantitative estimate of drug-likeness (QED) is 0.725. The van der Waals surface area contributed by atoms with Crippen molar-refractivity contribution in [1.29, 1.82) is 0 Å². The van der Waals surface area contributed by atoms with Crippen LogP contribution in [0, 0.1) is 0 Å². The smallest absolute Gasteiger partial charge is 0.278 e. The average Bonchev–Trinajstić information content (AvgIpc) is 3.29. The summed E-state index contributed by atoms with van der Waals surface area (Å²) in [4.78, 5) is 32.0. The first-order valence-electron chi connectivity index (χ1n) is 7.81. The van der Waals surface area contributed by atoms with Crippen molar-refractivity contribution in [2.45, 2.75) is 25.4 Å². The number of amides is 1. The number of nitrogens with zero attached hydrogens (tertiary/aromatic N) is 5. The Hall–Kier alpha value is -3.36. The van der Waals surface area contributed by atoms with Crippen LogP contribution in [0.1, 0.15) is 12.8 Å². The first-order valence-corrected chi connectivity index (χ1v) is 7.81. The van der Waals surface area contributed by atoms with E-state index in [0.29, 0.717) is 11.5 Å². The number of hydrogen-bond acceptors (Lipinski definition) is 7. The Labute approximate surface area is 141 Å². The molecule has 126 valence electrons. The molecule has 1 aliphatic rings. The van der Waals surface area contributed by atoms with Crippen molar-refractivity contribution in [3.8, 4) is 23.0 Å². The van der Waals surface area contributed by atoms with Crippen LogP contribution in [0.25, 0.3) is 23.0 Å². The summed E-state index contributed by atoms with van der Waals surface area (Å²) >= 11 is 0. The van der Waals surface area contributed by atoms with Gasteiger partial charge in [-0.1, -0.05) is 5.16 Å². The number of nitrogens with one attached hydrogen (secondary N) is 1. The average molecular weight is 338 g/mol. The molecule has 1 saturated carbocycles. The van der Waals surface area contributed by atoms with Gasteiger partial charge in [-0.25, -0.2) is 4.68 Å². The maximum Gasteiger partial charge on any atom is 0.278 e. The molecule has 0 unspecified atom stereocenters. The van der Waals surface area contributed by atoms with Crippen LogP contribution >= 0.6 is 0 Å². The third kappa shape index (κ3) is 3.44. The fourth-order valence-electron chi connectivity index (χ4n) is 2.26. The van der Waals surface area contributed by atoms with Gasteiger partial charge in [0.05, 0.1) is 0 Å². The second kappa shape index (κ2) is 6.27. The second-order valence-corrected chi connectivity index (χ2v) is 5.72. The lowest BCUT2D eigenvalue weighted by Crippen LogP contribution is -2.34. The molecule has 0 aromatic carbocycles. The van der Waals surface area contributed by atoms with Gasteiger partial charge in [-0.3, -0.25) is 14.6 Å². The highest BCUT2D eigenvalue weighted by atomic mass is 16.5.